The minimum Gasteiger partial charge on any atom is -0.460 e. The fourth-order valence-corrected chi connectivity index (χ4v) is 1.15. The quantitative estimate of drug-likeness (QED) is 0.695. The van der Waals surface area contributed by atoms with Crippen molar-refractivity contribution in [3.8, 4) is 0 Å². The van der Waals surface area contributed by atoms with E-state index in [4.69, 9.17) is 4.74 Å². The van der Waals surface area contributed by atoms with Gasteiger partial charge in [0.05, 0.1) is 0 Å². The highest BCUT2D eigenvalue weighted by atomic mass is 16.6. The maximum Gasteiger partial charge on any atom is 0.337 e. The number of hydrogen-bond donors (Lipinski definition) is 1. The summed E-state index contributed by atoms with van der Waals surface area (Å²) in [5.41, 5.74) is -1.39. The summed E-state index contributed by atoms with van der Waals surface area (Å²) < 4.78 is 5.23. The molecule has 0 aromatic heterocycles. The number of carbonyl (C=O) groups excluding carboxylic acids is 1. The molecule has 0 spiro atoms. The van der Waals surface area contributed by atoms with Crippen LogP contribution in [-0.4, -0.2) is 22.8 Å². The normalized spacial score (nSPS) is 16.1. The molecular weight excluding hydrogens is 180 g/mol. The van der Waals surface area contributed by atoms with Crippen LogP contribution in [0.5, 0.6) is 0 Å². The van der Waals surface area contributed by atoms with Gasteiger partial charge >= 0.3 is 5.97 Å². The lowest BCUT2D eigenvalue weighted by molar-refractivity contribution is -0.170. The summed E-state index contributed by atoms with van der Waals surface area (Å²) in [6.07, 6.45) is 1.67. The van der Waals surface area contributed by atoms with Crippen molar-refractivity contribution < 1.29 is 14.6 Å². The van der Waals surface area contributed by atoms with E-state index in [1.54, 1.807) is 0 Å². The lowest BCUT2D eigenvalue weighted by Gasteiger charge is -2.25. The molecule has 0 amide bonds. The largest absolute Gasteiger partial charge is 0.460 e. The molecule has 0 heterocycles. The summed E-state index contributed by atoms with van der Waals surface area (Å²) in [6.45, 7) is 8.98. The van der Waals surface area contributed by atoms with Gasteiger partial charge < -0.3 is 9.84 Å². The third-order valence-electron chi connectivity index (χ3n) is 2.44. The molecule has 0 fully saturated rings. The van der Waals surface area contributed by atoms with Crippen LogP contribution in [-0.2, 0) is 9.53 Å². The van der Waals surface area contributed by atoms with Gasteiger partial charge in [-0.1, -0.05) is 27.2 Å². The number of esters is 1. The smallest absolute Gasteiger partial charge is 0.337 e. The highest BCUT2D eigenvalue weighted by Crippen LogP contribution is 2.17. The zero-order valence-corrected chi connectivity index (χ0v) is 9.83. The molecule has 0 aromatic carbocycles. The summed E-state index contributed by atoms with van der Waals surface area (Å²) in [4.78, 5) is 11.4. The Morgan fingerprint density at radius 2 is 1.86 bits per heavy atom. The molecule has 0 aromatic rings. The van der Waals surface area contributed by atoms with Crippen LogP contribution in [0.1, 0.15) is 47.5 Å². The molecule has 0 saturated carbocycles. The van der Waals surface area contributed by atoms with Crippen LogP contribution in [0.2, 0.25) is 0 Å². The minimum absolute atomic E-state index is 0.0843. The summed E-state index contributed by atoms with van der Waals surface area (Å²) in [7, 11) is 0. The third-order valence-corrected chi connectivity index (χ3v) is 2.44. The maximum atomic E-state index is 11.4. The van der Waals surface area contributed by atoms with Crippen LogP contribution in [0.25, 0.3) is 0 Å². The van der Waals surface area contributed by atoms with Crippen LogP contribution >= 0.6 is 0 Å². The lowest BCUT2D eigenvalue weighted by Crippen LogP contribution is -2.37. The van der Waals surface area contributed by atoms with Crippen molar-refractivity contribution in [1.82, 2.24) is 0 Å². The van der Waals surface area contributed by atoms with Crippen molar-refractivity contribution in [2.75, 3.05) is 0 Å². The summed E-state index contributed by atoms with van der Waals surface area (Å²) in [5.74, 6) is -0.198. The standard InChI is InChI=1S/C11H22O3/c1-6-8(3)9(7-2)14-10(12)11(4,5)13/h8-9,13H,6-7H2,1-5H3. The molecular formula is C11H22O3. The molecule has 84 valence electrons. The first-order valence-electron chi connectivity index (χ1n) is 5.26. The molecule has 0 bridgehead atoms. The fraction of sp³-hybridized carbons (Fsp3) is 0.909. The number of carbonyl (C=O) groups is 1. The van der Waals surface area contributed by atoms with Gasteiger partial charge in [-0.2, -0.15) is 0 Å². The van der Waals surface area contributed by atoms with Crippen molar-refractivity contribution in [1.29, 1.82) is 0 Å². The number of aliphatic hydroxyl groups is 1. The Balaban J connectivity index is 4.26. The lowest BCUT2D eigenvalue weighted by atomic mass is 9.99. The van der Waals surface area contributed by atoms with E-state index in [1.165, 1.54) is 13.8 Å². The Labute approximate surface area is 86.5 Å². The number of ether oxygens (including phenoxy) is 1. The third kappa shape index (κ3) is 4.09. The van der Waals surface area contributed by atoms with Crippen LogP contribution in [0.3, 0.4) is 0 Å². The van der Waals surface area contributed by atoms with Gasteiger partial charge in [-0.15, -0.1) is 0 Å². The van der Waals surface area contributed by atoms with E-state index in [2.05, 4.69) is 6.92 Å². The van der Waals surface area contributed by atoms with E-state index in [9.17, 15) is 9.90 Å². The molecule has 2 unspecified atom stereocenters. The maximum absolute atomic E-state index is 11.4. The topological polar surface area (TPSA) is 46.5 Å². The summed E-state index contributed by atoms with van der Waals surface area (Å²) in [6, 6.07) is 0. The van der Waals surface area contributed by atoms with Crippen LogP contribution < -0.4 is 0 Å². The van der Waals surface area contributed by atoms with E-state index in [0.717, 1.165) is 12.8 Å². The average molecular weight is 202 g/mol. The number of rotatable bonds is 5. The Bertz CT molecular complexity index is 181. The average Bonchev–Trinajstić information content (AvgIpc) is 2.10. The van der Waals surface area contributed by atoms with Crippen LogP contribution in [0.4, 0.5) is 0 Å². The Kier molecular flexibility index (Phi) is 5.13. The second-order valence-corrected chi connectivity index (χ2v) is 4.30. The van der Waals surface area contributed by atoms with Gasteiger partial charge in [0.25, 0.3) is 0 Å². The highest BCUT2D eigenvalue weighted by molar-refractivity contribution is 5.78. The molecule has 0 aliphatic rings. The summed E-state index contributed by atoms with van der Waals surface area (Å²) >= 11 is 0. The first kappa shape index (κ1) is 13.4. The van der Waals surface area contributed by atoms with E-state index >= 15 is 0 Å². The van der Waals surface area contributed by atoms with Gasteiger partial charge in [0.15, 0.2) is 5.60 Å². The molecule has 0 aliphatic carbocycles. The second kappa shape index (κ2) is 5.35. The molecule has 3 nitrogen and oxygen atoms in total. The van der Waals surface area contributed by atoms with E-state index in [0.29, 0.717) is 5.92 Å². The molecule has 0 radical (unpaired) electrons. The molecule has 14 heavy (non-hydrogen) atoms. The van der Waals surface area contributed by atoms with Crippen molar-refractivity contribution in [2.24, 2.45) is 5.92 Å². The van der Waals surface area contributed by atoms with Gasteiger partial charge in [0.2, 0.25) is 0 Å². The monoisotopic (exact) mass is 202 g/mol. The molecule has 2 atom stereocenters. The number of hydrogen-bond acceptors (Lipinski definition) is 3. The highest BCUT2D eigenvalue weighted by Gasteiger charge is 2.29. The molecule has 1 N–H and O–H groups in total. The Morgan fingerprint density at radius 1 is 1.36 bits per heavy atom. The van der Waals surface area contributed by atoms with Crippen molar-refractivity contribution in [3.63, 3.8) is 0 Å². The predicted molar refractivity (Wildman–Crippen MR) is 55.9 cm³/mol. The van der Waals surface area contributed by atoms with Crippen molar-refractivity contribution in [2.45, 2.75) is 59.2 Å². The van der Waals surface area contributed by atoms with Gasteiger partial charge in [-0.05, 0) is 26.2 Å². The van der Waals surface area contributed by atoms with E-state index in [-0.39, 0.29) is 6.10 Å². The van der Waals surface area contributed by atoms with E-state index in [1.807, 2.05) is 13.8 Å². The van der Waals surface area contributed by atoms with Gasteiger partial charge in [0.1, 0.15) is 6.10 Å². The van der Waals surface area contributed by atoms with Crippen molar-refractivity contribution in [3.05, 3.63) is 0 Å². The van der Waals surface area contributed by atoms with Gasteiger partial charge in [-0.3, -0.25) is 0 Å². The van der Waals surface area contributed by atoms with Gasteiger partial charge in [0, 0.05) is 0 Å². The second-order valence-electron chi connectivity index (χ2n) is 4.30. The zero-order valence-electron chi connectivity index (χ0n) is 9.83. The Morgan fingerprint density at radius 3 is 2.14 bits per heavy atom. The predicted octanol–water partition coefficient (Wildman–Crippen LogP) is 2.13. The van der Waals surface area contributed by atoms with E-state index < -0.39 is 11.6 Å². The van der Waals surface area contributed by atoms with Crippen molar-refractivity contribution >= 4 is 5.97 Å². The summed E-state index contributed by atoms with van der Waals surface area (Å²) in [5, 5.41) is 9.41. The SMILES string of the molecule is CCC(C)C(CC)OC(=O)C(C)(C)O. The first-order chi connectivity index (χ1) is 6.32. The fourth-order valence-electron chi connectivity index (χ4n) is 1.15. The molecule has 3 heteroatoms. The van der Waals surface area contributed by atoms with Crippen LogP contribution in [0.15, 0.2) is 0 Å². The molecule has 0 aliphatic heterocycles. The Hall–Kier alpha value is -0.570. The zero-order chi connectivity index (χ0) is 11.4. The minimum atomic E-state index is -1.39. The van der Waals surface area contributed by atoms with Gasteiger partial charge in [-0.25, -0.2) is 4.79 Å². The first-order valence-corrected chi connectivity index (χ1v) is 5.26. The van der Waals surface area contributed by atoms with Crippen LogP contribution in [0, 0.1) is 5.92 Å². The molecule has 0 saturated heterocycles. The molecule has 0 rings (SSSR count).